The second-order valence-electron chi connectivity index (χ2n) is 8.43. The van der Waals surface area contributed by atoms with Gasteiger partial charge in [0.2, 0.25) is 0 Å². The van der Waals surface area contributed by atoms with Crippen molar-refractivity contribution in [2.24, 2.45) is 0 Å². The highest BCUT2D eigenvalue weighted by Crippen LogP contribution is 2.56. The summed E-state index contributed by atoms with van der Waals surface area (Å²) in [7, 11) is 4.39. The van der Waals surface area contributed by atoms with Crippen molar-refractivity contribution in [3.8, 4) is 0 Å². The molecule has 2 heterocycles. The summed E-state index contributed by atoms with van der Waals surface area (Å²) in [4.78, 5) is 4.76. The molecule has 2 aliphatic rings. The molecule has 0 spiro atoms. The summed E-state index contributed by atoms with van der Waals surface area (Å²) in [5.74, 6) is 2.46. The average Bonchev–Trinajstić information content (AvgIpc) is 2.90. The number of likely N-dealkylation sites (N-methyl/N-ethyl adjacent to an activating group) is 2. The number of nitrogens with zero attached hydrogens (tertiary/aromatic N) is 3. The topological polar surface area (TPSA) is 9.72 Å². The van der Waals surface area contributed by atoms with Crippen molar-refractivity contribution >= 4 is 29.0 Å². The van der Waals surface area contributed by atoms with Crippen LogP contribution < -0.4 is 10.2 Å². The number of hydrogen-bond donors (Lipinski definition) is 0. The van der Waals surface area contributed by atoms with Crippen molar-refractivity contribution in [3.63, 3.8) is 0 Å². The summed E-state index contributed by atoms with van der Waals surface area (Å²) >= 11 is 6.55. The summed E-state index contributed by atoms with van der Waals surface area (Å²) < 4.78 is 2.58. The molecular weight excluding hydrogens is 381 g/mol. The Balaban J connectivity index is 1.84. The number of piperazine rings is 1. The van der Waals surface area contributed by atoms with Gasteiger partial charge in [0, 0.05) is 55.3 Å². The van der Waals surface area contributed by atoms with E-state index in [4.69, 9.17) is 11.8 Å². The van der Waals surface area contributed by atoms with Crippen LogP contribution in [0.3, 0.4) is 0 Å². The summed E-state index contributed by atoms with van der Waals surface area (Å²) in [6, 6.07) is 19.5. The average molecular weight is 412 g/mol. The van der Waals surface area contributed by atoms with Gasteiger partial charge in [0.25, 0.3) is 0 Å². The Morgan fingerprint density at radius 3 is 2.14 bits per heavy atom. The van der Waals surface area contributed by atoms with E-state index in [9.17, 15) is 0 Å². The maximum absolute atomic E-state index is 6.55. The van der Waals surface area contributed by atoms with Gasteiger partial charge in [-0.05, 0) is 24.5 Å². The molecule has 0 aliphatic carbocycles. The first kappa shape index (κ1) is 19.8. The van der Waals surface area contributed by atoms with Crippen LogP contribution >= 0.6 is 6.19 Å². The largest absolute Gasteiger partial charge is 0.347 e. The number of para-hydroxylation sites is 1. The van der Waals surface area contributed by atoms with Gasteiger partial charge in [0.15, 0.2) is 0 Å². The number of allylic oxidation sites excluding steroid dienone is 1. The molecule has 1 atom stereocenters. The van der Waals surface area contributed by atoms with Crippen molar-refractivity contribution in [2.75, 3.05) is 45.2 Å². The Morgan fingerprint density at radius 2 is 1.50 bits per heavy atom. The third kappa shape index (κ3) is 3.27. The lowest BCUT2D eigenvalue weighted by Gasteiger charge is -2.40. The SMILES string of the molecule is CN1CCN(P(=S)(/C=C2/N(C)c3ccccc3C2(C)C)c2ccccc2)CC1. The highest BCUT2D eigenvalue weighted by Gasteiger charge is 2.40. The van der Waals surface area contributed by atoms with Gasteiger partial charge in [-0.25, -0.2) is 0 Å². The lowest BCUT2D eigenvalue weighted by Crippen LogP contribution is -2.44. The Morgan fingerprint density at radius 1 is 0.893 bits per heavy atom. The van der Waals surface area contributed by atoms with Crippen LogP contribution in [0.2, 0.25) is 0 Å². The highest BCUT2D eigenvalue weighted by molar-refractivity contribution is 8.18. The van der Waals surface area contributed by atoms with E-state index in [1.54, 1.807) is 0 Å². The van der Waals surface area contributed by atoms with Crippen LogP contribution in [0.15, 0.2) is 66.1 Å². The minimum Gasteiger partial charge on any atom is -0.347 e. The van der Waals surface area contributed by atoms with Crippen LogP contribution in [0.4, 0.5) is 5.69 Å². The molecule has 0 bridgehead atoms. The Kier molecular flexibility index (Phi) is 5.26. The van der Waals surface area contributed by atoms with Gasteiger partial charge >= 0.3 is 0 Å². The van der Waals surface area contributed by atoms with Gasteiger partial charge in [0.05, 0.1) is 6.19 Å². The molecule has 148 valence electrons. The molecule has 5 heteroatoms. The van der Waals surface area contributed by atoms with Crippen LogP contribution in [0.5, 0.6) is 0 Å². The molecule has 2 aromatic rings. The molecule has 1 fully saturated rings. The fraction of sp³-hybridized carbons (Fsp3) is 0.391. The highest BCUT2D eigenvalue weighted by atomic mass is 32.4. The van der Waals surface area contributed by atoms with E-state index in [1.165, 1.54) is 22.3 Å². The zero-order chi connectivity index (χ0) is 19.9. The van der Waals surface area contributed by atoms with Crippen LogP contribution in [-0.4, -0.2) is 49.8 Å². The van der Waals surface area contributed by atoms with E-state index in [-0.39, 0.29) is 5.41 Å². The number of anilines is 1. The van der Waals surface area contributed by atoms with E-state index >= 15 is 0 Å². The van der Waals surface area contributed by atoms with Crippen molar-refractivity contribution in [3.05, 3.63) is 71.7 Å². The molecule has 0 aromatic heterocycles. The van der Waals surface area contributed by atoms with Crippen LogP contribution in [0.25, 0.3) is 0 Å². The van der Waals surface area contributed by atoms with Gasteiger partial charge in [-0.3, -0.25) is 4.67 Å². The summed E-state index contributed by atoms with van der Waals surface area (Å²) in [6.07, 6.45) is -2.03. The first-order valence-corrected chi connectivity index (χ1v) is 12.8. The number of fused-ring (bicyclic) bond motifs is 1. The minimum absolute atomic E-state index is 0.0449. The third-order valence-electron chi connectivity index (χ3n) is 6.26. The van der Waals surface area contributed by atoms with Crippen molar-refractivity contribution in [2.45, 2.75) is 19.3 Å². The quantitative estimate of drug-likeness (QED) is 0.699. The standard InChI is InChI=1S/C23H30N3PS/c1-23(2)20-12-8-9-13-21(20)25(4)22(23)18-27(28,19-10-6-5-7-11-19)26-16-14-24(3)15-17-26/h5-13,18H,14-17H2,1-4H3/b22-18+. The first-order valence-electron chi connectivity index (χ1n) is 10.00. The molecule has 4 rings (SSSR count). The number of benzene rings is 2. The lowest BCUT2D eigenvalue weighted by atomic mass is 9.84. The van der Waals surface area contributed by atoms with Crippen LogP contribution in [0.1, 0.15) is 19.4 Å². The Hall–Kier alpha value is -1.45. The molecule has 1 saturated heterocycles. The van der Waals surface area contributed by atoms with Gasteiger partial charge in [-0.2, -0.15) is 0 Å². The normalized spacial score (nSPS) is 23.6. The summed E-state index contributed by atoms with van der Waals surface area (Å²) in [6.45, 7) is 8.88. The van der Waals surface area contributed by atoms with E-state index < -0.39 is 6.19 Å². The summed E-state index contributed by atoms with van der Waals surface area (Å²) in [5, 5.41) is 1.29. The molecule has 0 saturated carbocycles. The maximum atomic E-state index is 6.55. The molecular formula is C23H30N3PS. The Bertz CT molecular complexity index is 930. The van der Waals surface area contributed by atoms with E-state index in [0.29, 0.717) is 0 Å². The van der Waals surface area contributed by atoms with Gasteiger partial charge in [-0.15, -0.1) is 0 Å². The number of hydrogen-bond acceptors (Lipinski definition) is 3. The lowest BCUT2D eigenvalue weighted by molar-refractivity contribution is 0.230. The second-order valence-corrected chi connectivity index (χ2v) is 12.7. The van der Waals surface area contributed by atoms with E-state index in [0.717, 1.165) is 26.2 Å². The fourth-order valence-electron chi connectivity index (χ4n) is 4.45. The monoisotopic (exact) mass is 411 g/mol. The molecule has 0 N–H and O–H groups in total. The van der Waals surface area contributed by atoms with Crippen molar-refractivity contribution < 1.29 is 0 Å². The third-order valence-corrected chi connectivity index (χ3v) is 10.8. The van der Waals surface area contributed by atoms with Gasteiger partial charge < -0.3 is 9.80 Å². The molecule has 3 nitrogen and oxygen atoms in total. The minimum atomic E-state index is -2.03. The second kappa shape index (κ2) is 7.42. The molecule has 0 radical (unpaired) electrons. The maximum Gasteiger partial charge on any atom is 0.0658 e. The van der Waals surface area contributed by atoms with Crippen molar-refractivity contribution in [1.29, 1.82) is 0 Å². The smallest absolute Gasteiger partial charge is 0.0658 e. The number of rotatable bonds is 3. The van der Waals surface area contributed by atoms with E-state index in [2.05, 4.69) is 103 Å². The molecule has 2 aromatic carbocycles. The molecule has 1 unspecified atom stereocenters. The first-order chi connectivity index (χ1) is 13.3. The zero-order valence-electron chi connectivity index (χ0n) is 17.3. The van der Waals surface area contributed by atoms with Gasteiger partial charge in [-0.1, -0.05) is 74.2 Å². The Labute approximate surface area is 174 Å². The van der Waals surface area contributed by atoms with Crippen molar-refractivity contribution in [1.82, 2.24) is 9.57 Å². The predicted octanol–water partition coefficient (Wildman–Crippen LogP) is 4.22. The van der Waals surface area contributed by atoms with Gasteiger partial charge in [0.1, 0.15) is 0 Å². The zero-order valence-corrected chi connectivity index (χ0v) is 19.0. The predicted molar refractivity (Wildman–Crippen MR) is 125 cm³/mol. The van der Waals surface area contributed by atoms with E-state index in [1.807, 2.05) is 0 Å². The fourth-order valence-corrected chi connectivity index (χ4v) is 8.44. The molecule has 2 aliphatic heterocycles. The molecule has 28 heavy (non-hydrogen) atoms. The summed E-state index contributed by atoms with van der Waals surface area (Å²) in [5.41, 5.74) is 3.97. The van der Waals surface area contributed by atoms with Crippen LogP contribution in [0, 0.1) is 0 Å². The van der Waals surface area contributed by atoms with Crippen LogP contribution in [-0.2, 0) is 17.2 Å². The molecule has 0 amide bonds.